The number of primary amides is 1. The summed E-state index contributed by atoms with van der Waals surface area (Å²) in [4.78, 5) is 10.6. The van der Waals surface area contributed by atoms with Crippen LogP contribution in [0.1, 0.15) is 77.6 Å². The summed E-state index contributed by atoms with van der Waals surface area (Å²) in [5, 5.41) is 1.39. The van der Waals surface area contributed by atoms with Crippen LogP contribution in [-0.4, -0.2) is 20.2 Å². The van der Waals surface area contributed by atoms with Gasteiger partial charge >= 0.3 is 6.03 Å². The predicted molar refractivity (Wildman–Crippen MR) is 81.9 cm³/mol. The third kappa shape index (κ3) is 12.4. The van der Waals surface area contributed by atoms with Gasteiger partial charge < -0.3 is 15.6 Å². The van der Waals surface area contributed by atoms with E-state index >= 15 is 0 Å². The van der Waals surface area contributed by atoms with E-state index in [1.54, 1.807) is 0 Å². The summed E-state index contributed by atoms with van der Waals surface area (Å²) in [6.45, 7) is 2.22. The van der Waals surface area contributed by atoms with E-state index in [2.05, 4.69) is 12.2 Å². The van der Waals surface area contributed by atoms with Crippen LogP contribution >= 0.6 is 0 Å². The fraction of sp³-hybridized carbons (Fsp3) is 0.929. The molecule has 0 rings (SSSR count). The minimum absolute atomic E-state index is 0.440. The van der Waals surface area contributed by atoms with Crippen molar-refractivity contribution in [2.24, 2.45) is 5.73 Å². The van der Waals surface area contributed by atoms with E-state index < -0.39 is 22.5 Å². The molecule has 120 valence electrons. The number of urea groups is 1. The summed E-state index contributed by atoms with van der Waals surface area (Å²) in [6.07, 6.45) is 12.4. The third-order valence-electron chi connectivity index (χ3n) is 3.36. The van der Waals surface area contributed by atoms with Crippen molar-refractivity contribution in [3.63, 3.8) is 0 Å². The molecule has 2 unspecified atom stereocenters. The Morgan fingerprint density at radius 2 is 1.50 bits per heavy atom. The zero-order valence-corrected chi connectivity index (χ0v) is 13.4. The maximum absolute atomic E-state index is 10.9. The molecule has 0 saturated carbocycles. The number of nitrogens with two attached hydrogens (primary N) is 1. The van der Waals surface area contributed by atoms with Gasteiger partial charge in [0.15, 0.2) is 0 Å². The Balaban J connectivity index is 3.41. The fourth-order valence-electron chi connectivity index (χ4n) is 2.19. The largest absolute Gasteiger partial charge is 0.771 e. The van der Waals surface area contributed by atoms with Crippen molar-refractivity contribution in [1.29, 1.82) is 0 Å². The lowest BCUT2D eigenvalue weighted by molar-refractivity contribution is 0.247. The number of hydrogen-bond donors (Lipinski definition) is 2. The van der Waals surface area contributed by atoms with Crippen molar-refractivity contribution >= 4 is 17.1 Å². The molecule has 0 aromatic carbocycles. The second kappa shape index (κ2) is 13.4. The summed E-state index contributed by atoms with van der Waals surface area (Å²) in [5.41, 5.74) is 4.93. The van der Waals surface area contributed by atoms with Gasteiger partial charge in [0.2, 0.25) is 0 Å². The van der Waals surface area contributed by atoms with E-state index in [0.29, 0.717) is 6.42 Å². The van der Waals surface area contributed by atoms with Crippen LogP contribution in [0, 0.1) is 0 Å². The molecule has 0 aliphatic heterocycles. The first kappa shape index (κ1) is 19.4. The van der Waals surface area contributed by atoms with Crippen LogP contribution in [0.15, 0.2) is 0 Å². The van der Waals surface area contributed by atoms with Crippen LogP contribution in [0.3, 0.4) is 0 Å². The normalized spacial score (nSPS) is 13.9. The van der Waals surface area contributed by atoms with E-state index in [-0.39, 0.29) is 0 Å². The Labute approximate surface area is 125 Å². The van der Waals surface area contributed by atoms with Crippen LogP contribution < -0.4 is 11.1 Å². The Bertz CT molecular complexity index is 275. The second-order valence-electron chi connectivity index (χ2n) is 5.23. The topological polar surface area (TPSA) is 95.2 Å². The van der Waals surface area contributed by atoms with Crippen molar-refractivity contribution in [3.8, 4) is 0 Å². The number of carbonyl (C=O) groups is 1. The van der Waals surface area contributed by atoms with Gasteiger partial charge in [-0.3, -0.25) is 4.21 Å². The summed E-state index contributed by atoms with van der Waals surface area (Å²) in [6, 6.07) is -0.786. The van der Waals surface area contributed by atoms with Gasteiger partial charge in [0, 0.05) is 0 Å². The molecule has 0 aliphatic carbocycles. The number of hydrogen-bond acceptors (Lipinski definition) is 3. The minimum Gasteiger partial charge on any atom is -0.771 e. The lowest BCUT2D eigenvalue weighted by Gasteiger charge is -2.19. The van der Waals surface area contributed by atoms with Gasteiger partial charge in [-0.25, -0.2) is 4.79 Å². The Morgan fingerprint density at radius 1 is 1.05 bits per heavy atom. The highest BCUT2D eigenvalue weighted by molar-refractivity contribution is 7.79. The molecule has 0 aromatic heterocycles. The van der Waals surface area contributed by atoms with E-state index in [1.165, 1.54) is 44.9 Å². The molecular weight excluding hydrogens is 276 g/mol. The Morgan fingerprint density at radius 3 is 1.90 bits per heavy atom. The van der Waals surface area contributed by atoms with Crippen molar-refractivity contribution in [3.05, 3.63) is 0 Å². The van der Waals surface area contributed by atoms with Gasteiger partial charge in [-0.1, -0.05) is 71.1 Å². The highest BCUT2D eigenvalue weighted by Crippen LogP contribution is 2.12. The van der Waals surface area contributed by atoms with E-state index in [1.807, 2.05) is 0 Å². The van der Waals surface area contributed by atoms with E-state index in [4.69, 9.17) is 5.73 Å². The second-order valence-corrected chi connectivity index (χ2v) is 6.32. The molecule has 0 aromatic rings. The van der Waals surface area contributed by atoms with Gasteiger partial charge in [0.05, 0.1) is 5.37 Å². The van der Waals surface area contributed by atoms with Gasteiger partial charge in [-0.05, 0) is 17.5 Å². The molecule has 2 atom stereocenters. The summed E-state index contributed by atoms with van der Waals surface area (Å²) in [7, 11) is 0. The zero-order chi connectivity index (χ0) is 15.2. The van der Waals surface area contributed by atoms with Gasteiger partial charge in [0.25, 0.3) is 0 Å². The molecule has 0 bridgehead atoms. The van der Waals surface area contributed by atoms with Crippen molar-refractivity contribution in [2.75, 3.05) is 0 Å². The number of nitrogens with one attached hydrogen (secondary N) is 1. The van der Waals surface area contributed by atoms with Gasteiger partial charge in [0.1, 0.15) is 0 Å². The summed E-state index contributed by atoms with van der Waals surface area (Å²) >= 11 is -2.30. The molecule has 0 fully saturated rings. The van der Waals surface area contributed by atoms with Crippen LogP contribution in [0.2, 0.25) is 0 Å². The molecule has 2 amide bonds. The predicted octanol–water partition coefficient (Wildman–Crippen LogP) is 3.17. The molecule has 3 N–H and O–H groups in total. The lowest BCUT2D eigenvalue weighted by atomic mass is 10.1. The van der Waals surface area contributed by atoms with Crippen LogP contribution in [0.5, 0.6) is 0 Å². The zero-order valence-electron chi connectivity index (χ0n) is 12.6. The van der Waals surface area contributed by atoms with E-state index in [0.717, 1.165) is 19.3 Å². The standard InChI is InChI=1S/C14H30N2O3S/c1-2-3-4-5-6-7-8-9-10-11-12-13(20(18)19)16-14(15)17/h13H,2-12H2,1H3,(H,18,19)(H3,15,16,17)/p-1. The molecule has 0 saturated heterocycles. The molecule has 20 heavy (non-hydrogen) atoms. The number of amides is 2. The smallest absolute Gasteiger partial charge is 0.313 e. The first-order valence-corrected chi connectivity index (χ1v) is 8.85. The summed E-state index contributed by atoms with van der Waals surface area (Å²) < 4.78 is 21.7. The molecular formula is C14H29N2O3S-. The van der Waals surface area contributed by atoms with Gasteiger partial charge in [-0.2, -0.15) is 0 Å². The Kier molecular flexibility index (Phi) is 13.0. The highest BCUT2D eigenvalue weighted by atomic mass is 32.2. The van der Waals surface area contributed by atoms with Crippen LogP contribution in [-0.2, 0) is 11.1 Å². The number of carbonyl (C=O) groups excluding carboxylic acids is 1. The molecule has 0 aliphatic rings. The molecule has 0 spiro atoms. The minimum atomic E-state index is -2.30. The average molecular weight is 305 g/mol. The maximum Gasteiger partial charge on any atom is 0.313 e. The maximum atomic E-state index is 10.9. The monoisotopic (exact) mass is 305 g/mol. The SMILES string of the molecule is CCCCCCCCCCCCC(NC(N)=O)S(=O)[O-]. The fourth-order valence-corrected chi connectivity index (χ4v) is 2.76. The van der Waals surface area contributed by atoms with Crippen LogP contribution in [0.4, 0.5) is 4.79 Å². The number of unbranched alkanes of at least 4 members (excludes halogenated alkanes) is 9. The molecule has 0 radical (unpaired) electrons. The first-order chi connectivity index (χ1) is 9.57. The van der Waals surface area contributed by atoms with E-state index in [9.17, 15) is 13.6 Å². The number of rotatable bonds is 13. The first-order valence-electron chi connectivity index (χ1n) is 7.72. The summed E-state index contributed by atoms with van der Waals surface area (Å²) in [5.74, 6) is 0. The van der Waals surface area contributed by atoms with Crippen molar-refractivity contribution in [2.45, 2.75) is 82.9 Å². The quantitative estimate of drug-likeness (QED) is 0.404. The van der Waals surface area contributed by atoms with Crippen LogP contribution in [0.25, 0.3) is 0 Å². The van der Waals surface area contributed by atoms with Gasteiger partial charge in [-0.15, -0.1) is 0 Å². The highest BCUT2D eigenvalue weighted by Gasteiger charge is 2.10. The Hall–Kier alpha value is -0.620. The molecule has 6 heteroatoms. The van der Waals surface area contributed by atoms with Crippen molar-refractivity contribution in [1.82, 2.24) is 5.32 Å². The average Bonchev–Trinajstić information content (AvgIpc) is 2.39. The molecule has 5 nitrogen and oxygen atoms in total. The third-order valence-corrected chi connectivity index (χ3v) is 4.17. The lowest BCUT2D eigenvalue weighted by Crippen LogP contribution is -2.41. The van der Waals surface area contributed by atoms with Crippen molar-refractivity contribution < 1.29 is 13.6 Å². The molecule has 0 heterocycles.